The summed E-state index contributed by atoms with van der Waals surface area (Å²) in [5.41, 5.74) is 1.02. The second-order valence-electron chi connectivity index (χ2n) is 13.6. The van der Waals surface area contributed by atoms with Gasteiger partial charge in [0, 0.05) is 6.08 Å². The molecule has 2 aromatic carbocycles. The number of hydrogen-bond acceptors (Lipinski definition) is 20. The fourth-order valence-corrected chi connectivity index (χ4v) is 6.46. The van der Waals surface area contributed by atoms with Crippen LogP contribution in [0.15, 0.2) is 42.5 Å². The van der Waals surface area contributed by atoms with Gasteiger partial charge in [-0.15, -0.1) is 0 Å². The van der Waals surface area contributed by atoms with Crippen molar-refractivity contribution in [1.29, 1.82) is 0 Å². The van der Waals surface area contributed by atoms with Crippen LogP contribution in [0.25, 0.3) is 6.08 Å². The maximum atomic E-state index is 13.4. The molecule has 20 nitrogen and oxygen atoms in total. The van der Waals surface area contributed by atoms with Crippen LogP contribution in [-0.4, -0.2) is 183 Å². The van der Waals surface area contributed by atoms with Gasteiger partial charge in [0.25, 0.3) is 0 Å². The number of aromatic hydroxyl groups is 2. The van der Waals surface area contributed by atoms with Gasteiger partial charge in [0.15, 0.2) is 48.0 Å². The van der Waals surface area contributed by atoms with Crippen LogP contribution >= 0.6 is 0 Å². The Morgan fingerprint density at radius 1 is 0.702 bits per heavy atom. The molecule has 2 aromatic rings. The summed E-state index contributed by atoms with van der Waals surface area (Å²) in [5, 5.41) is 104. The van der Waals surface area contributed by atoms with Gasteiger partial charge in [-0.25, -0.2) is 4.79 Å². The minimum Gasteiger partial charge on any atom is -0.504 e. The first-order chi connectivity index (χ1) is 27.2. The fourth-order valence-electron chi connectivity index (χ4n) is 6.46. The molecule has 0 spiro atoms. The van der Waals surface area contributed by atoms with Gasteiger partial charge in [0.2, 0.25) is 0 Å². The average Bonchev–Trinajstić information content (AvgIpc) is 3.20. The molecule has 20 heteroatoms. The highest BCUT2D eigenvalue weighted by molar-refractivity contribution is 5.87. The van der Waals surface area contributed by atoms with Gasteiger partial charge in [0.1, 0.15) is 61.0 Å². The van der Waals surface area contributed by atoms with Crippen LogP contribution in [-0.2, 0) is 44.4 Å². The van der Waals surface area contributed by atoms with Crippen molar-refractivity contribution in [3.63, 3.8) is 0 Å². The number of hydrogen-bond donors (Lipinski definition) is 10. The average molecular weight is 815 g/mol. The number of phenols is 2. The number of carbonyl (C=O) groups excluding carboxylic acids is 1. The van der Waals surface area contributed by atoms with E-state index in [2.05, 4.69) is 0 Å². The van der Waals surface area contributed by atoms with Crippen molar-refractivity contribution in [2.75, 3.05) is 34.0 Å². The smallest absolute Gasteiger partial charge is 0.331 e. The molecule has 5 rings (SSSR count). The summed E-state index contributed by atoms with van der Waals surface area (Å²) in [5.74, 6) is -0.938. The molecule has 3 aliphatic heterocycles. The number of benzene rings is 2. The SMILES string of the molecule is COc1ccc(CCO[C@@H]2O[C@H](CO[C@@H]3O[C@H](CO)[C@H](O)[C@H](O)[C@H]3O)[C@@H](OC(=O)/C=C\c3ccc(O)c(OC)c3)[C@H](O[C@@H]3O[C@@H](C)[C@H](O)[C@@H](O)[C@H]3O)[C@H]2O)cc1O. The lowest BCUT2D eigenvalue weighted by Crippen LogP contribution is -2.65. The minimum atomic E-state index is -1.86. The molecule has 0 bridgehead atoms. The third-order valence-corrected chi connectivity index (χ3v) is 9.77. The zero-order valence-corrected chi connectivity index (χ0v) is 31.2. The van der Waals surface area contributed by atoms with E-state index in [1.54, 1.807) is 12.1 Å². The molecule has 318 valence electrons. The summed E-state index contributed by atoms with van der Waals surface area (Å²) in [7, 11) is 2.73. The minimum absolute atomic E-state index is 0.121. The fraction of sp³-hybridized carbons (Fsp3) is 0.595. The van der Waals surface area contributed by atoms with Crippen LogP contribution < -0.4 is 9.47 Å². The quantitative estimate of drug-likeness (QED) is 0.0652. The predicted octanol–water partition coefficient (Wildman–Crippen LogP) is -2.59. The zero-order chi connectivity index (χ0) is 41.6. The van der Waals surface area contributed by atoms with Gasteiger partial charge >= 0.3 is 5.97 Å². The Morgan fingerprint density at radius 2 is 1.37 bits per heavy atom. The van der Waals surface area contributed by atoms with Gasteiger partial charge in [-0.2, -0.15) is 0 Å². The molecule has 57 heavy (non-hydrogen) atoms. The monoisotopic (exact) mass is 814 g/mol. The topological polar surface area (TPSA) is 302 Å². The number of esters is 1. The molecule has 0 amide bonds. The van der Waals surface area contributed by atoms with E-state index in [0.29, 0.717) is 11.1 Å². The van der Waals surface area contributed by atoms with Crippen LogP contribution in [0, 0.1) is 0 Å². The summed E-state index contributed by atoms with van der Waals surface area (Å²) in [6, 6.07) is 8.92. The van der Waals surface area contributed by atoms with Crippen molar-refractivity contribution in [3.8, 4) is 23.0 Å². The van der Waals surface area contributed by atoms with Gasteiger partial charge in [0.05, 0.1) is 40.1 Å². The molecular weight excluding hydrogens is 764 g/mol. The van der Waals surface area contributed by atoms with Gasteiger partial charge in [-0.1, -0.05) is 12.1 Å². The standard InChI is InChI=1S/C37H50O20/c1-16-26(42)28(44)31(47)37(53-16)57-34-32(48)36(51-11-10-18-5-8-21(49-2)20(40)12-18)55-24(15-52-35-30(46)29(45)27(43)23(14-38)54-35)33(34)56-25(41)9-6-17-4-7-19(39)22(13-17)50-3/h4-9,12-13,16,23-24,26-40,42-48H,10-11,14-15H2,1-3H3/b9-6-/t16-,23+,24+,26-,27-,28+,29-,30+,31+,32+,33+,34+,35+,36+,37-/m0/s1. The molecule has 15 atom stereocenters. The number of aliphatic hydroxyl groups is 8. The maximum Gasteiger partial charge on any atom is 0.331 e. The lowest BCUT2D eigenvalue weighted by Gasteiger charge is -2.47. The molecule has 0 radical (unpaired) electrons. The van der Waals surface area contributed by atoms with Crippen LogP contribution in [0.1, 0.15) is 18.1 Å². The predicted molar refractivity (Wildman–Crippen MR) is 190 cm³/mol. The third-order valence-electron chi connectivity index (χ3n) is 9.77. The Balaban J connectivity index is 1.44. The van der Waals surface area contributed by atoms with Crippen molar-refractivity contribution < 1.29 is 98.5 Å². The highest BCUT2D eigenvalue weighted by Gasteiger charge is 2.53. The van der Waals surface area contributed by atoms with E-state index in [4.69, 9.17) is 42.6 Å². The highest BCUT2D eigenvalue weighted by Crippen LogP contribution is 2.33. The summed E-state index contributed by atoms with van der Waals surface area (Å²) in [6.07, 6.45) is -22.0. The molecule has 3 aliphatic rings. The number of phenolic OH excluding ortho intramolecular Hbond substituents is 2. The van der Waals surface area contributed by atoms with Gasteiger partial charge in [-0.05, 0) is 54.8 Å². The molecule has 0 aromatic heterocycles. The Morgan fingerprint density at radius 3 is 2.05 bits per heavy atom. The number of methoxy groups -OCH3 is 2. The van der Waals surface area contributed by atoms with E-state index in [1.807, 2.05) is 0 Å². The number of aliphatic hydroxyl groups excluding tert-OH is 8. The summed E-state index contributed by atoms with van der Waals surface area (Å²) in [4.78, 5) is 13.4. The summed E-state index contributed by atoms with van der Waals surface area (Å²) in [6.45, 7) is -0.132. The molecule has 0 saturated carbocycles. The molecular formula is C37H50O20. The second-order valence-corrected chi connectivity index (χ2v) is 13.6. The van der Waals surface area contributed by atoms with Crippen molar-refractivity contribution >= 4 is 12.0 Å². The first kappa shape index (κ1) is 44.4. The van der Waals surface area contributed by atoms with Gasteiger partial charge < -0.3 is 93.7 Å². The molecule has 0 aliphatic carbocycles. The first-order valence-corrected chi connectivity index (χ1v) is 18.0. The summed E-state index contributed by atoms with van der Waals surface area (Å²) >= 11 is 0. The molecule has 0 unspecified atom stereocenters. The van der Waals surface area contributed by atoms with E-state index in [-0.39, 0.29) is 36.0 Å². The van der Waals surface area contributed by atoms with Gasteiger partial charge in [-0.3, -0.25) is 0 Å². The molecule has 3 heterocycles. The lowest BCUT2D eigenvalue weighted by molar-refractivity contribution is -0.364. The Kier molecular flexibility index (Phi) is 15.4. The third kappa shape index (κ3) is 10.5. The van der Waals surface area contributed by atoms with Crippen molar-refractivity contribution in [1.82, 2.24) is 0 Å². The van der Waals surface area contributed by atoms with Crippen LogP contribution in [0.3, 0.4) is 0 Å². The normalized spacial score (nSPS) is 35.9. The second kappa shape index (κ2) is 19.8. The first-order valence-electron chi connectivity index (χ1n) is 18.0. The number of rotatable bonds is 15. The van der Waals surface area contributed by atoms with E-state index in [0.717, 1.165) is 6.08 Å². The van der Waals surface area contributed by atoms with Crippen LogP contribution in [0.4, 0.5) is 0 Å². The molecule has 3 fully saturated rings. The van der Waals surface area contributed by atoms with Crippen molar-refractivity contribution in [2.24, 2.45) is 0 Å². The maximum absolute atomic E-state index is 13.4. The largest absolute Gasteiger partial charge is 0.504 e. The Labute approximate surface area is 326 Å². The van der Waals surface area contributed by atoms with Crippen LogP contribution in [0.2, 0.25) is 0 Å². The van der Waals surface area contributed by atoms with E-state index in [1.165, 1.54) is 51.5 Å². The number of ether oxygens (including phenoxy) is 9. The number of carbonyl (C=O) groups is 1. The van der Waals surface area contributed by atoms with Crippen molar-refractivity contribution in [3.05, 3.63) is 53.6 Å². The Bertz CT molecular complexity index is 1640. The lowest BCUT2D eigenvalue weighted by atomic mass is 9.96. The van der Waals surface area contributed by atoms with Crippen molar-refractivity contribution in [2.45, 2.75) is 105 Å². The van der Waals surface area contributed by atoms with E-state index >= 15 is 0 Å². The Hall–Kier alpha value is -3.71. The van der Waals surface area contributed by atoms with E-state index < -0.39 is 111 Å². The van der Waals surface area contributed by atoms with E-state index in [9.17, 15) is 55.9 Å². The molecule has 10 N–H and O–H groups in total. The van der Waals surface area contributed by atoms with Crippen LogP contribution in [0.5, 0.6) is 23.0 Å². The summed E-state index contributed by atoms with van der Waals surface area (Å²) < 4.78 is 50.8. The molecule has 3 saturated heterocycles. The zero-order valence-electron chi connectivity index (χ0n) is 31.2. The highest BCUT2D eigenvalue weighted by atomic mass is 16.8.